The molecule has 0 radical (unpaired) electrons. The summed E-state index contributed by atoms with van der Waals surface area (Å²) in [6.07, 6.45) is 1.43. The molecule has 0 N–H and O–H groups in total. The predicted molar refractivity (Wildman–Crippen MR) is 173 cm³/mol. The van der Waals surface area contributed by atoms with Crippen molar-refractivity contribution in [3.63, 3.8) is 0 Å². The lowest BCUT2D eigenvalue weighted by molar-refractivity contribution is 0.256. The van der Waals surface area contributed by atoms with Gasteiger partial charge < -0.3 is 28.1 Å². The molecule has 0 aliphatic rings. The zero-order valence-corrected chi connectivity index (χ0v) is 25.0. The van der Waals surface area contributed by atoms with E-state index in [9.17, 15) is 4.79 Å². The molecule has 0 saturated heterocycles. The van der Waals surface area contributed by atoms with Crippen molar-refractivity contribution >= 4 is 11.0 Å². The standard InChI is InChI=1S/C38H32O7/c1-40-32-19-18-29(37(41-2)38(32)45-24-28-16-10-5-11-17-28)31-25-44-33-21-35(43-23-27-14-8-4-9-15-27)34(20-30(33)36(31)39)42-22-26-12-6-3-7-13-26/h3-21,25H,22-24H2,1-2H3. The summed E-state index contributed by atoms with van der Waals surface area (Å²) in [5.74, 6) is 2.13. The quantitative estimate of drug-likeness (QED) is 0.140. The molecule has 0 saturated carbocycles. The van der Waals surface area contributed by atoms with Crippen molar-refractivity contribution in [3.8, 4) is 39.9 Å². The van der Waals surface area contributed by atoms with Gasteiger partial charge in [-0.05, 0) is 34.9 Å². The van der Waals surface area contributed by atoms with Crippen molar-refractivity contribution in [2.45, 2.75) is 19.8 Å². The fourth-order valence-electron chi connectivity index (χ4n) is 5.01. The Balaban J connectivity index is 1.39. The van der Waals surface area contributed by atoms with Crippen LogP contribution in [0, 0.1) is 0 Å². The van der Waals surface area contributed by atoms with Crippen LogP contribution in [0.5, 0.6) is 28.7 Å². The van der Waals surface area contributed by atoms with Crippen molar-refractivity contribution < 1.29 is 28.1 Å². The maximum Gasteiger partial charge on any atom is 0.204 e. The molecule has 45 heavy (non-hydrogen) atoms. The summed E-state index contributed by atoms with van der Waals surface area (Å²) in [5.41, 5.74) is 3.88. The van der Waals surface area contributed by atoms with Gasteiger partial charge in [0, 0.05) is 11.6 Å². The second kappa shape index (κ2) is 13.7. The molecule has 0 spiro atoms. The van der Waals surface area contributed by atoms with Crippen LogP contribution in [0.25, 0.3) is 22.1 Å². The molecule has 1 heterocycles. The summed E-state index contributed by atoms with van der Waals surface area (Å²) in [7, 11) is 3.09. The maximum absolute atomic E-state index is 14.1. The molecule has 0 aliphatic carbocycles. The molecule has 5 aromatic carbocycles. The maximum atomic E-state index is 14.1. The molecule has 0 aliphatic heterocycles. The summed E-state index contributed by atoms with van der Waals surface area (Å²) in [6.45, 7) is 0.913. The number of ether oxygens (including phenoxy) is 5. The van der Waals surface area contributed by atoms with Crippen LogP contribution in [0.4, 0.5) is 0 Å². The first-order chi connectivity index (χ1) is 22.1. The van der Waals surface area contributed by atoms with Crippen LogP contribution in [0.2, 0.25) is 0 Å². The average Bonchev–Trinajstić information content (AvgIpc) is 3.10. The van der Waals surface area contributed by atoms with Crippen LogP contribution in [0.1, 0.15) is 16.7 Å². The molecule has 226 valence electrons. The van der Waals surface area contributed by atoms with E-state index in [0.717, 1.165) is 16.7 Å². The Morgan fingerprint density at radius 3 is 1.60 bits per heavy atom. The highest BCUT2D eigenvalue weighted by Crippen LogP contribution is 2.44. The van der Waals surface area contributed by atoms with Crippen molar-refractivity contribution in [3.05, 3.63) is 148 Å². The fourth-order valence-corrected chi connectivity index (χ4v) is 5.01. The molecule has 0 unspecified atom stereocenters. The molecule has 0 bridgehead atoms. The Bertz CT molecular complexity index is 1940. The highest BCUT2D eigenvalue weighted by atomic mass is 16.5. The number of hydrogen-bond acceptors (Lipinski definition) is 7. The largest absolute Gasteiger partial charge is 0.493 e. The van der Waals surface area contributed by atoms with E-state index in [2.05, 4.69) is 0 Å². The van der Waals surface area contributed by atoms with Crippen molar-refractivity contribution in [2.75, 3.05) is 14.2 Å². The van der Waals surface area contributed by atoms with Crippen molar-refractivity contribution in [1.29, 1.82) is 0 Å². The van der Waals surface area contributed by atoms with E-state index in [-0.39, 0.29) is 12.0 Å². The summed E-state index contributed by atoms with van der Waals surface area (Å²) < 4.78 is 36.0. The Labute approximate surface area is 261 Å². The van der Waals surface area contributed by atoms with Crippen molar-refractivity contribution in [2.24, 2.45) is 0 Å². The van der Waals surface area contributed by atoms with Gasteiger partial charge in [0.2, 0.25) is 11.2 Å². The summed E-state index contributed by atoms with van der Waals surface area (Å²) >= 11 is 0. The molecule has 0 fully saturated rings. The Kier molecular flexibility index (Phi) is 8.97. The van der Waals surface area contributed by atoms with E-state index < -0.39 is 0 Å². The lowest BCUT2D eigenvalue weighted by atomic mass is 10.0. The van der Waals surface area contributed by atoms with E-state index in [0.29, 0.717) is 64.1 Å². The Morgan fingerprint density at radius 1 is 0.533 bits per heavy atom. The van der Waals surface area contributed by atoms with Gasteiger partial charge >= 0.3 is 0 Å². The predicted octanol–water partition coefficient (Wildman–Crippen LogP) is 8.21. The molecule has 0 atom stereocenters. The smallest absolute Gasteiger partial charge is 0.204 e. The first-order valence-corrected chi connectivity index (χ1v) is 14.5. The first kappa shape index (κ1) is 29.4. The lowest BCUT2D eigenvalue weighted by Gasteiger charge is -2.18. The minimum Gasteiger partial charge on any atom is -0.493 e. The molecule has 6 aromatic rings. The molecular formula is C38H32O7. The van der Waals surface area contributed by atoms with E-state index in [4.69, 9.17) is 28.1 Å². The Hall–Kier alpha value is -5.69. The minimum atomic E-state index is -0.257. The highest BCUT2D eigenvalue weighted by Gasteiger charge is 2.22. The summed E-state index contributed by atoms with van der Waals surface area (Å²) in [6, 6.07) is 36.3. The zero-order valence-electron chi connectivity index (χ0n) is 25.0. The topological polar surface area (TPSA) is 76.4 Å². The third kappa shape index (κ3) is 6.63. The van der Waals surface area contributed by atoms with Gasteiger partial charge in [0.1, 0.15) is 31.7 Å². The van der Waals surface area contributed by atoms with Crippen LogP contribution in [-0.2, 0) is 19.8 Å². The van der Waals surface area contributed by atoms with Gasteiger partial charge in [-0.25, -0.2) is 0 Å². The molecule has 0 amide bonds. The minimum absolute atomic E-state index is 0.257. The van der Waals surface area contributed by atoms with E-state index >= 15 is 0 Å². The highest BCUT2D eigenvalue weighted by molar-refractivity contribution is 5.86. The van der Waals surface area contributed by atoms with E-state index in [1.165, 1.54) is 13.4 Å². The number of hydrogen-bond donors (Lipinski definition) is 0. The second-order valence-corrected chi connectivity index (χ2v) is 10.3. The first-order valence-electron chi connectivity index (χ1n) is 14.5. The van der Waals surface area contributed by atoms with Gasteiger partial charge in [-0.3, -0.25) is 4.79 Å². The summed E-state index contributed by atoms with van der Waals surface area (Å²) in [5, 5.41) is 0.340. The van der Waals surface area contributed by atoms with Gasteiger partial charge in [-0.1, -0.05) is 91.0 Å². The van der Waals surface area contributed by atoms with Crippen LogP contribution < -0.4 is 29.1 Å². The van der Waals surface area contributed by atoms with Gasteiger partial charge in [0.25, 0.3) is 0 Å². The average molecular weight is 601 g/mol. The van der Waals surface area contributed by atoms with Crippen LogP contribution >= 0.6 is 0 Å². The van der Waals surface area contributed by atoms with E-state index in [1.54, 1.807) is 31.4 Å². The third-order valence-electron chi connectivity index (χ3n) is 7.33. The Morgan fingerprint density at radius 2 is 1.07 bits per heavy atom. The van der Waals surface area contributed by atoms with Gasteiger partial charge in [-0.2, -0.15) is 0 Å². The lowest BCUT2D eigenvalue weighted by Crippen LogP contribution is -2.08. The number of methoxy groups -OCH3 is 2. The van der Waals surface area contributed by atoms with Crippen LogP contribution in [0.3, 0.4) is 0 Å². The molecule has 7 heteroatoms. The second-order valence-electron chi connectivity index (χ2n) is 10.3. The van der Waals surface area contributed by atoms with Gasteiger partial charge in [-0.15, -0.1) is 0 Å². The van der Waals surface area contributed by atoms with Crippen molar-refractivity contribution in [1.82, 2.24) is 0 Å². The number of fused-ring (bicyclic) bond motifs is 1. The van der Waals surface area contributed by atoms with E-state index in [1.807, 2.05) is 91.0 Å². The zero-order chi connectivity index (χ0) is 31.0. The molecule has 6 rings (SSSR count). The fraction of sp³-hybridized carbons (Fsp3) is 0.132. The van der Waals surface area contributed by atoms with Gasteiger partial charge in [0.15, 0.2) is 23.0 Å². The molecular weight excluding hydrogens is 568 g/mol. The van der Waals surface area contributed by atoms with Crippen LogP contribution in [-0.4, -0.2) is 14.2 Å². The third-order valence-corrected chi connectivity index (χ3v) is 7.33. The monoisotopic (exact) mass is 600 g/mol. The number of rotatable bonds is 12. The van der Waals surface area contributed by atoms with Gasteiger partial charge in [0.05, 0.1) is 25.2 Å². The normalized spacial score (nSPS) is 10.8. The van der Waals surface area contributed by atoms with Crippen LogP contribution in [0.15, 0.2) is 131 Å². The molecule has 7 nitrogen and oxygen atoms in total. The SMILES string of the molecule is COc1ccc(-c2coc3cc(OCc4ccccc4)c(OCc4ccccc4)cc3c2=O)c(OC)c1OCc1ccccc1. The number of benzene rings is 5. The summed E-state index contributed by atoms with van der Waals surface area (Å²) in [4.78, 5) is 14.1. The molecule has 1 aromatic heterocycles.